The number of carboxylic acids is 1. The second kappa shape index (κ2) is 34.6. The number of anilines is 2. The van der Waals surface area contributed by atoms with Crippen LogP contribution in [-0.4, -0.2) is 196 Å². The zero-order valence-corrected chi connectivity index (χ0v) is 62.5. The fraction of sp³-hybridized carbons (Fsp3) is 0.375. The molecule has 4 saturated heterocycles. The zero-order chi connectivity index (χ0) is 78.9. The van der Waals surface area contributed by atoms with Gasteiger partial charge in [-0.2, -0.15) is 0 Å². The van der Waals surface area contributed by atoms with Gasteiger partial charge in [-0.15, -0.1) is 0 Å². The molecule has 8 aromatic rings. The maximum atomic E-state index is 13.3. The van der Waals surface area contributed by atoms with Crippen LogP contribution in [0.25, 0.3) is 43.8 Å². The Bertz CT molecular complexity index is 5090. The number of carbonyl (C=O) groups is 10. The summed E-state index contributed by atoms with van der Waals surface area (Å²) in [5.41, 5.74) is 12.6. The monoisotopic (exact) mass is 1520 g/mol. The van der Waals surface area contributed by atoms with Crippen LogP contribution < -0.4 is 62.4 Å². The van der Waals surface area contributed by atoms with Crippen molar-refractivity contribution in [2.24, 2.45) is 31.7 Å². The number of nitrogens with zero attached hydrogens (tertiary/aromatic N) is 8. The summed E-state index contributed by atoms with van der Waals surface area (Å²) >= 11 is 0. The van der Waals surface area contributed by atoms with Crippen LogP contribution in [0.5, 0.6) is 23.0 Å². The SMILES string of the molecule is COc1cc(-c2cn(C)c(=O)c3cnccc23)cc(OC)c1CN1CC(C(=O)NCCCCCNc2cccc3c2C(=O)N(C2CCC(=O)NC2=O)C3=O)C1.COc1cc(-c2cn(C)c(=O)c3cnccc23)cc(OC)c1CN1CC(C(=O)O)C1.NCCCCCNc1cccc2c1C(=O)N(C1CCC(=O)NC1=O)C2=O. The molecule has 4 aromatic heterocycles. The fourth-order valence-electron chi connectivity index (χ4n) is 14.8. The van der Waals surface area contributed by atoms with Gasteiger partial charge in [-0.1, -0.05) is 18.6 Å². The van der Waals surface area contributed by atoms with E-state index in [1.807, 2.05) is 41.3 Å². The third-order valence-electron chi connectivity index (χ3n) is 20.8. The van der Waals surface area contributed by atoms with Crippen molar-refractivity contribution < 1.29 is 72.0 Å². The molecule has 2 unspecified atom stereocenters. The molecule has 8 N–H and O–H groups in total. The molecule has 14 rings (SSSR count). The van der Waals surface area contributed by atoms with E-state index in [2.05, 4.69) is 41.5 Å². The number of methoxy groups -OCH3 is 4. The number of hydrogen-bond acceptors (Lipinski definition) is 23. The van der Waals surface area contributed by atoms with Gasteiger partial charge in [0.1, 0.15) is 35.1 Å². The first kappa shape index (κ1) is 78.4. The summed E-state index contributed by atoms with van der Waals surface area (Å²) < 4.78 is 26.0. The van der Waals surface area contributed by atoms with Crippen LogP contribution in [0, 0.1) is 11.8 Å². The van der Waals surface area contributed by atoms with E-state index in [0.29, 0.717) is 116 Å². The van der Waals surface area contributed by atoms with Crippen LogP contribution in [0.3, 0.4) is 0 Å². The average molecular weight is 1520 g/mol. The number of piperidine rings is 2. The molecule has 0 aliphatic carbocycles. The standard InChI is InChI=1S/C40H43N7O8.C22H23N3O5.C18H22N4O4/c1-45-21-28(25-12-15-41-18-27(25)38(45)51)23-16-32(54-2)29(33(17-23)55-3)22-46-19-24(20-46)36(49)43-14-6-4-5-13-42-30-9-7-8-26-35(30)40(53)47(39(26)52)31-10-11-34(48)44-37(31)50;1-24-11-17(15-4-5-23-8-16(15)21(24)26)13-6-19(29-2)18(20(7-13)30-3)12-25-9-14(10-25)22(27)28;19-9-2-1-3-10-20-12-6-4-5-11-15(12)18(26)22(17(11)25)13-7-8-14(23)21-16(13)24/h7-9,12,15-18,21,24,31,42H,4-6,10-11,13-14,19-20,22H2,1-3H3,(H,43,49)(H,44,48,50);4-8,11,14H,9-10,12H2,1-3H3,(H,27,28);4-6,13,20H,1-3,7-10,19H2,(H,21,23,24). The number of likely N-dealkylation sites (tertiary alicyclic amines) is 2. The van der Waals surface area contributed by atoms with Crippen molar-refractivity contribution in [3.63, 3.8) is 0 Å². The van der Waals surface area contributed by atoms with Gasteiger partial charge >= 0.3 is 5.97 Å². The van der Waals surface area contributed by atoms with Gasteiger partial charge in [-0.25, -0.2) is 0 Å². The highest BCUT2D eigenvalue weighted by molar-refractivity contribution is 6.26. The molecular formula is C80H88N14O17. The lowest BCUT2D eigenvalue weighted by atomic mass is 9.96. The maximum Gasteiger partial charge on any atom is 0.309 e. The number of carboxylic acid groups (broad SMARTS) is 1. The minimum atomic E-state index is -1.01. The molecular weight excluding hydrogens is 1430 g/mol. The van der Waals surface area contributed by atoms with E-state index < -0.39 is 59.4 Å². The van der Waals surface area contributed by atoms with Crippen LogP contribution in [0.15, 0.2) is 120 Å². The van der Waals surface area contributed by atoms with E-state index in [0.717, 1.165) is 92.5 Å². The lowest BCUT2D eigenvalue weighted by Gasteiger charge is -2.38. The summed E-state index contributed by atoms with van der Waals surface area (Å²) in [6, 6.07) is 19.5. The topological polar surface area (TPSA) is 397 Å². The fourth-order valence-corrected chi connectivity index (χ4v) is 14.8. The average Bonchev–Trinajstić information content (AvgIpc) is 1.73. The molecule has 6 aliphatic rings. The Morgan fingerprint density at radius 3 is 1.32 bits per heavy atom. The number of aromatic nitrogens is 4. The molecule has 0 saturated carbocycles. The number of aryl methyl sites for hydroxylation is 2. The van der Waals surface area contributed by atoms with Gasteiger partial charge in [0.2, 0.25) is 29.5 Å². The first-order valence-corrected chi connectivity index (χ1v) is 36.8. The number of benzene rings is 4. The normalized spacial score (nSPS) is 17.0. The van der Waals surface area contributed by atoms with Crippen molar-refractivity contribution in [2.75, 3.05) is 91.4 Å². The van der Waals surface area contributed by atoms with E-state index in [4.69, 9.17) is 29.8 Å². The largest absolute Gasteiger partial charge is 0.496 e. The number of fused-ring (bicyclic) bond motifs is 4. The van der Waals surface area contributed by atoms with Crippen LogP contribution in [0.4, 0.5) is 11.4 Å². The van der Waals surface area contributed by atoms with Gasteiger partial charge < -0.3 is 54.9 Å². The quantitative estimate of drug-likeness (QED) is 0.0243. The van der Waals surface area contributed by atoms with Crippen LogP contribution in [0.1, 0.15) is 117 Å². The predicted molar refractivity (Wildman–Crippen MR) is 409 cm³/mol. The van der Waals surface area contributed by atoms with Crippen LogP contribution in [0.2, 0.25) is 0 Å². The molecule has 9 amide bonds. The number of aliphatic carboxylic acids is 1. The molecule has 10 heterocycles. The molecule has 31 nitrogen and oxygen atoms in total. The van der Waals surface area contributed by atoms with Gasteiger partial charge in [0.05, 0.1) is 84.4 Å². The highest BCUT2D eigenvalue weighted by Gasteiger charge is 2.48. The minimum Gasteiger partial charge on any atom is -0.496 e. The molecule has 6 aliphatic heterocycles. The van der Waals surface area contributed by atoms with E-state index in [1.165, 1.54) is 4.57 Å². The van der Waals surface area contributed by atoms with Gasteiger partial charge in [0.15, 0.2) is 0 Å². The first-order chi connectivity index (χ1) is 53.6. The second-order valence-electron chi connectivity index (χ2n) is 28.0. The zero-order valence-electron chi connectivity index (χ0n) is 62.5. The van der Waals surface area contributed by atoms with Gasteiger partial charge in [-0.05, 0) is 134 Å². The number of rotatable bonds is 27. The number of hydrogen-bond donors (Lipinski definition) is 7. The molecule has 4 fully saturated rings. The summed E-state index contributed by atoms with van der Waals surface area (Å²) in [5, 5.41) is 25.7. The number of carbonyl (C=O) groups excluding carboxylic acids is 9. The Morgan fingerprint density at radius 1 is 0.514 bits per heavy atom. The summed E-state index contributed by atoms with van der Waals surface area (Å²) in [6.07, 6.45) is 15.7. The highest BCUT2D eigenvalue weighted by atomic mass is 16.5. The Hall–Kier alpha value is -12.2. The molecule has 0 spiro atoms. The smallest absolute Gasteiger partial charge is 0.309 e. The molecule has 2 atom stereocenters. The first-order valence-electron chi connectivity index (χ1n) is 36.8. The number of nitrogens with one attached hydrogen (secondary N) is 5. The van der Waals surface area contributed by atoms with Crippen molar-refractivity contribution in [3.8, 4) is 45.3 Å². The van der Waals surface area contributed by atoms with E-state index in [9.17, 15) is 57.5 Å². The van der Waals surface area contributed by atoms with E-state index >= 15 is 0 Å². The Labute approximate surface area is 637 Å². The maximum absolute atomic E-state index is 13.3. The predicted octanol–water partition coefficient (Wildman–Crippen LogP) is 5.61. The van der Waals surface area contributed by atoms with E-state index in [1.54, 1.807) is 121 Å². The third-order valence-corrected chi connectivity index (χ3v) is 20.8. The lowest BCUT2D eigenvalue weighted by Crippen LogP contribution is -2.54. The Kier molecular flexibility index (Phi) is 24.4. The molecule has 0 bridgehead atoms. The number of imide groups is 4. The summed E-state index contributed by atoms with van der Waals surface area (Å²) in [4.78, 5) is 163. The second-order valence-corrected chi connectivity index (χ2v) is 28.0. The molecule has 111 heavy (non-hydrogen) atoms. The number of nitrogens with two attached hydrogens (primary N) is 1. The van der Waals surface area contributed by atoms with Crippen molar-refractivity contribution in [1.82, 2.24) is 54.7 Å². The van der Waals surface area contributed by atoms with Crippen LogP contribution >= 0.6 is 0 Å². The molecule has 580 valence electrons. The third kappa shape index (κ3) is 16.6. The number of ether oxygens (including phenoxy) is 4. The lowest BCUT2D eigenvalue weighted by molar-refractivity contribution is -0.148. The molecule has 0 radical (unpaired) electrons. The molecule has 31 heteroatoms. The number of amides is 9. The van der Waals surface area contributed by atoms with Gasteiger partial charge in [-0.3, -0.25) is 97.7 Å². The summed E-state index contributed by atoms with van der Waals surface area (Å²) in [7, 11) is 9.85. The summed E-state index contributed by atoms with van der Waals surface area (Å²) in [6.45, 7) is 5.69. The van der Waals surface area contributed by atoms with E-state index in [-0.39, 0.29) is 77.1 Å². The summed E-state index contributed by atoms with van der Waals surface area (Å²) in [5.74, 6) is -2.71. The van der Waals surface area contributed by atoms with Crippen molar-refractivity contribution >= 4 is 92.1 Å². The highest BCUT2D eigenvalue weighted by Crippen LogP contribution is 2.42. The minimum absolute atomic E-state index is 0.0170. The number of pyridine rings is 4. The Morgan fingerprint density at radius 2 is 0.919 bits per heavy atom. The van der Waals surface area contributed by atoms with Crippen molar-refractivity contribution in [3.05, 3.63) is 164 Å². The molecule has 4 aromatic carbocycles. The van der Waals surface area contributed by atoms with Crippen molar-refractivity contribution in [1.29, 1.82) is 0 Å². The van der Waals surface area contributed by atoms with Gasteiger partial charge in [0, 0.05) is 146 Å². The Balaban J connectivity index is 0.000000171. The van der Waals surface area contributed by atoms with Crippen LogP contribution in [-0.2, 0) is 56.0 Å². The van der Waals surface area contributed by atoms with Gasteiger partial charge in [0.25, 0.3) is 34.7 Å². The number of unbranched alkanes of at least 4 members (excludes halogenated alkanes) is 4. The van der Waals surface area contributed by atoms with Crippen molar-refractivity contribution in [2.45, 2.75) is 89.4 Å².